The maximum Gasteiger partial charge on any atom is 0.305 e. The van der Waals surface area contributed by atoms with E-state index >= 15 is 0 Å². The van der Waals surface area contributed by atoms with Gasteiger partial charge in [-0.05, 0) is 11.1 Å². The highest BCUT2D eigenvalue weighted by Gasteiger charge is 1.94. The first-order valence-electron chi connectivity index (χ1n) is 5.68. The minimum Gasteiger partial charge on any atom is -0.394 e. The molecule has 3 heteroatoms. The fraction of sp³-hybridized carbons (Fsp3) is 0.143. The summed E-state index contributed by atoms with van der Waals surface area (Å²) in [6, 6.07) is 20.3. The monoisotopic (exact) mass is 244 g/mol. The lowest BCUT2D eigenvalue weighted by Gasteiger charge is -2.05. The third-order valence-electron chi connectivity index (χ3n) is 2.39. The number of benzene rings is 2. The third-order valence-corrected chi connectivity index (χ3v) is 3.13. The van der Waals surface area contributed by atoms with Crippen LogP contribution in [0, 0.1) is 0 Å². The second kappa shape index (κ2) is 7.01. The zero-order chi connectivity index (χ0) is 11.8. The van der Waals surface area contributed by atoms with E-state index in [4.69, 9.17) is 8.85 Å². The minimum atomic E-state index is -0.876. The van der Waals surface area contributed by atoms with E-state index < -0.39 is 10.0 Å². The molecule has 2 rings (SSSR count). The quantitative estimate of drug-likeness (QED) is 0.574. The van der Waals surface area contributed by atoms with Crippen molar-refractivity contribution in [1.29, 1.82) is 0 Å². The van der Waals surface area contributed by atoms with Crippen LogP contribution in [0.3, 0.4) is 0 Å². The smallest absolute Gasteiger partial charge is 0.305 e. The Morgan fingerprint density at radius 3 is 1.47 bits per heavy atom. The molecule has 0 amide bonds. The first-order chi connectivity index (χ1) is 8.45. The van der Waals surface area contributed by atoms with E-state index in [0.717, 1.165) is 0 Å². The predicted molar refractivity (Wildman–Crippen MR) is 71.0 cm³/mol. The molecule has 0 N–H and O–H groups in total. The Bertz CT molecular complexity index is 375. The van der Waals surface area contributed by atoms with Gasteiger partial charge in [-0.2, -0.15) is 0 Å². The molecule has 0 heterocycles. The van der Waals surface area contributed by atoms with Gasteiger partial charge in [-0.1, -0.05) is 60.7 Å². The molecule has 2 aromatic carbocycles. The SMILES string of the molecule is c1ccc(CO[SiH2]OCc2ccccc2)cc1. The molecule has 0 aromatic heterocycles. The van der Waals surface area contributed by atoms with Crippen LogP contribution in [0.25, 0.3) is 0 Å². The Labute approximate surface area is 104 Å². The van der Waals surface area contributed by atoms with Crippen LogP contribution >= 0.6 is 0 Å². The summed E-state index contributed by atoms with van der Waals surface area (Å²) in [6.07, 6.45) is 0. The fourth-order valence-electron chi connectivity index (χ4n) is 1.53. The topological polar surface area (TPSA) is 18.5 Å². The Balaban J connectivity index is 1.61. The van der Waals surface area contributed by atoms with Crippen LogP contribution < -0.4 is 0 Å². The van der Waals surface area contributed by atoms with Crippen molar-refractivity contribution in [2.45, 2.75) is 13.2 Å². The summed E-state index contributed by atoms with van der Waals surface area (Å²) in [5.41, 5.74) is 2.40. The molecular formula is C14H16O2Si. The van der Waals surface area contributed by atoms with E-state index in [0.29, 0.717) is 13.2 Å². The molecule has 88 valence electrons. The largest absolute Gasteiger partial charge is 0.394 e. The molecule has 0 atom stereocenters. The highest BCUT2D eigenvalue weighted by atomic mass is 28.3. The van der Waals surface area contributed by atoms with Crippen molar-refractivity contribution < 1.29 is 8.85 Å². The summed E-state index contributed by atoms with van der Waals surface area (Å²) in [4.78, 5) is 0. The lowest BCUT2D eigenvalue weighted by atomic mass is 10.2. The first-order valence-corrected chi connectivity index (χ1v) is 6.84. The maximum absolute atomic E-state index is 5.56. The van der Waals surface area contributed by atoms with Crippen molar-refractivity contribution >= 4 is 10.0 Å². The molecule has 2 aromatic rings. The van der Waals surface area contributed by atoms with Gasteiger partial charge in [-0.25, -0.2) is 0 Å². The Kier molecular flexibility index (Phi) is 4.97. The van der Waals surface area contributed by atoms with Crippen molar-refractivity contribution in [3.8, 4) is 0 Å². The molecule has 0 aliphatic rings. The van der Waals surface area contributed by atoms with E-state index in [2.05, 4.69) is 24.3 Å². The number of hydrogen-bond acceptors (Lipinski definition) is 2. The van der Waals surface area contributed by atoms with Crippen molar-refractivity contribution in [3.05, 3.63) is 71.8 Å². The molecule has 0 saturated carbocycles. The lowest BCUT2D eigenvalue weighted by molar-refractivity contribution is 0.207. The normalized spacial score (nSPS) is 10.4. The summed E-state index contributed by atoms with van der Waals surface area (Å²) in [5, 5.41) is 0. The highest BCUT2D eigenvalue weighted by molar-refractivity contribution is 6.17. The summed E-state index contributed by atoms with van der Waals surface area (Å²) < 4.78 is 11.1. The number of hydrogen-bond donors (Lipinski definition) is 0. The van der Waals surface area contributed by atoms with Gasteiger partial charge in [0.2, 0.25) is 0 Å². The second-order valence-electron chi connectivity index (χ2n) is 3.79. The first kappa shape index (κ1) is 12.0. The van der Waals surface area contributed by atoms with Gasteiger partial charge < -0.3 is 8.85 Å². The number of rotatable bonds is 6. The van der Waals surface area contributed by atoms with Crippen LogP contribution in [-0.4, -0.2) is 10.0 Å². The Hall–Kier alpha value is -1.42. The summed E-state index contributed by atoms with van der Waals surface area (Å²) >= 11 is 0. The summed E-state index contributed by atoms with van der Waals surface area (Å²) in [6.45, 7) is 1.31. The highest BCUT2D eigenvalue weighted by Crippen LogP contribution is 2.02. The molecule has 0 aliphatic heterocycles. The van der Waals surface area contributed by atoms with Crippen LogP contribution in [0.2, 0.25) is 0 Å². The predicted octanol–water partition coefficient (Wildman–Crippen LogP) is 2.42. The van der Waals surface area contributed by atoms with Crippen LogP contribution in [0.1, 0.15) is 11.1 Å². The molecule has 0 spiro atoms. The molecule has 0 fully saturated rings. The molecule has 0 aliphatic carbocycles. The van der Waals surface area contributed by atoms with Gasteiger partial charge in [-0.15, -0.1) is 0 Å². The Morgan fingerprint density at radius 1 is 0.647 bits per heavy atom. The average Bonchev–Trinajstić information content (AvgIpc) is 2.41. The van der Waals surface area contributed by atoms with Gasteiger partial charge >= 0.3 is 10.0 Å². The van der Waals surface area contributed by atoms with Crippen LogP contribution in [-0.2, 0) is 22.1 Å². The van der Waals surface area contributed by atoms with Gasteiger partial charge in [0.25, 0.3) is 0 Å². The van der Waals surface area contributed by atoms with Gasteiger partial charge in [0.1, 0.15) is 0 Å². The van der Waals surface area contributed by atoms with Crippen molar-refractivity contribution in [3.63, 3.8) is 0 Å². The third kappa shape index (κ3) is 4.52. The van der Waals surface area contributed by atoms with E-state index in [-0.39, 0.29) is 0 Å². The molecule has 0 bridgehead atoms. The standard InChI is InChI=1S/C14H16O2Si/c1-3-7-13(8-4-1)11-15-17-16-12-14-9-5-2-6-10-14/h1-10H,11-12,17H2. The van der Waals surface area contributed by atoms with Crippen LogP contribution in [0.15, 0.2) is 60.7 Å². The fourth-order valence-corrected chi connectivity index (χ4v) is 2.28. The Morgan fingerprint density at radius 2 is 1.06 bits per heavy atom. The zero-order valence-corrected chi connectivity index (χ0v) is 11.1. The molecule has 2 nitrogen and oxygen atoms in total. The summed E-state index contributed by atoms with van der Waals surface area (Å²) in [7, 11) is -0.876. The van der Waals surface area contributed by atoms with Crippen LogP contribution in [0.4, 0.5) is 0 Å². The van der Waals surface area contributed by atoms with Crippen molar-refractivity contribution in [2.24, 2.45) is 0 Å². The molecule has 0 saturated heterocycles. The van der Waals surface area contributed by atoms with Crippen LogP contribution in [0.5, 0.6) is 0 Å². The minimum absolute atomic E-state index is 0.655. The van der Waals surface area contributed by atoms with Gasteiger partial charge in [0.05, 0.1) is 13.2 Å². The summed E-state index contributed by atoms with van der Waals surface area (Å²) in [5.74, 6) is 0. The second-order valence-corrected chi connectivity index (χ2v) is 4.84. The van der Waals surface area contributed by atoms with Crippen molar-refractivity contribution in [1.82, 2.24) is 0 Å². The average molecular weight is 244 g/mol. The van der Waals surface area contributed by atoms with E-state index in [1.807, 2.05) is 36.4 Å². The van der Waals surface area contributed by atoms with E-state index in [1.165, 1.54) is 11.1 Å². The van der Waals surface area contributed by atoms with Gasteiger partial charge in [0.15, 0.2) is 0 Å². The van der Waals surface area contributed by atoms with Gasteiger partial charge in [-0.3, -0.25) is 0 Å². The van der Waals surface area contributed by atoms with Gasteiger partial charge in [0, 0.05) is 0 Å². The molecule has 0 unspecified atom stereocenters. The molecule has 17 heavy (non-hydrogen) atoms. The molecular weight excluding hydrogens is 228 g/mol. The zero-order valence-electron chi connectivity index (χ0n) is 9.71. The molecule has 0 radical (unpaired) electrons. The maximum atomic E-state index is 5.56. The van der Waals surface area contributed by atoms with Crippen molar-refractivity contribution in [2.75, 3.05) is 0 Å². The van der Waals surface area contributed by atoms with E-state index in [1.54, 1.807) is 0 Å². The lowest BCUT2D eigenvalue weighted by Crippen LogP contribution is -2.04. The van der Waals surface area contributed by atoms with E-state index in [9.17, 15) is 0 Å².